The lowest BCUT2D eigenvalue weighted by Gasteiger charge is -2.22. The number of para-hydroxylation sites is 2. The first-order valence-electron chi connectivity index (χ1n) is 9.48. The van der Waals surface area contributed by atoms with Gasteiger partial charge in [-0.1, -0.05) is 60.7 Å². The van der Waals surface area contributed by atoms with Gasteiger partial charge in [-0.3, -0.25) is 9.59 Å². The van der Waals surface area contributed by atoms with Gasteiger partial charge in [0.15, 0.2) is 0 Å². The molecule has 3 rings (SSSR count). The Balaban J connectivity index is 1.73. The first kappa shape index (κ1) is 19.4. The molecule has 0 aromatic heterocycles. The molecule has 28 heavy (non-hydrogen) atoms. The number of aryl methyl sites for hydroxylation is 1. The number of nitrogens with one attached hydrogen (secondary N) is 1. The number of carbonyl (C=O) groups excluding carboxylic acids is 2. The molecule has 0 aliphatic rings. The van der Waals surface area contributed by atoms with Crippen molar-refractivity contribution >= 4 is 23.2 Å². The van der Waals surface area contributed by atoms with Gasteiger partial charge in [0.2, 0.25) is 5.91 Å². The topological polar surface area (TPSA) is 49.4 Å². The average molecular weight is 372 g/mol. The predicted molar refractivity (Wildman–Crippen MR) is 114 cm³/mol. The highest BCUT2D eigenvalue weighted by atomic mass is 16.2. The Kier molecular flexibility index (Phi) is 6.58. The van der Waals surface area contributed by atoms with E-state index in [4.69, 9.17) is 0 Å². The fourth-order valence-corrected chi connectivity index (χ4v) is 3.09. The highest BCUT2D eigenvalue weighted by molar-refractivity contribution is 6.11. The zero-order chi connectivity index (χ0) is 19.8. The van der Waals surface area contributed by atoms with E-state index in [1.165, 1.54) is 0 Å². The van der Waals surface area contributed by atoms with Crippen LogP contribution in [0.1, 0.15) is 29.3 Å². The number of hydrogen-bond acceptors (Lipinski definition) is 2. The molecule has 142 valence electrons. The monoisotopic (exact) mass is 372 g/mol. The number of amides is 2. The van der Waals surface area contributed by atoms with E-state index >= 15 is 0 Å². The molecule has 0 aliphatic heterocycles. The van der Waals surface area contributed by atoms with Crippen LogP contribution in [-0.2, 0) is 11.2 Å². The second kappa shape index (κ2) is 9.51. The fourth-order valence-electron chi connectivity index (χ4n) is 3.09. The number of carbonyl (C=O) groups is 2. The molecule has 0 saturated heterocycles. The average Bonchev–Trinajstić information content (AvgIpc) is 2.74. The van der Waals surface area contributed by atoms with Crippen molar-refractivity contribution in [2.45, 2.75) is 19.8 Å². The van der Waals surface area contributed by atoms with Crippen LogP contribution in [0, 0.1) is 0 Å². The van der Waals surface area contributed by atoms with Crippen LogP contribution in [0.5, 0.6) is 0 Å². The van der Waals surface area contributed by atoms with Crippen LogP contribution >= 0.6 is 0 Å². The van der Waals surface area contributed by atoms with Crippen molar-refractivity contribution in [3.8, 4) is 0 Å². The minimum Gasteiger partial charge on any atom is -0.325 e. The maximum Gasteiger partial charge on any atom is 0.260 e. The molecule has 0 bridgehead atoms. The van der Waals surface area contributed by atoms with E-state index in [1.54, 1.807) is 17.0 Å². The maximum absolute atomic E-state index is 13.1. The lowest BCUT2D eigenvalue weighted by molar-refractivity contribution is -0.116. The molecule has 0 spiro atoms. The normalized spacial score (nSPS) is 10.3. The van der Waals surface area contributed by atoms with Gasteiger partial charge >= 0.3 is 0 Å². The first-order chi connectivity index (χ1) is 13.7. The number of anilines is 2. The molecule has 0 fully saturated rings. The van der Waals surface area contributed by atoms with E-state index in [2.05, 4.69) is 5.32 Å². The Morgan fingerprint density at radius 1 is 0.821 bits per heavy atom. The SMILES string of the molecule is CCN(C(=O)c1ccccc1NC(=O)CCc1ccccc1)c1ccccc1. The molecule has 1 N–H and O–H groups in total. The van der Waals surface area contributed by atoms with Crippen molar-refractivity contribution < 1.29 is 9.59 Å². The molecule has 3 aromatic carbocycles. The van der Waals surface area contributed by atoms with E-state index < -0.39 is 0 Å². The molecule has 3 aromatic rings. The van der Waals surface area contributed by atoms with Crippen LogP contribution in [-0.4, -0.2) is 18.4 Å². The van der Waals surface area contributed by atoms with E-state index in [0.29, 0.717) is 30.6 Å². The van der Waals surface area contributed by atoms with Gasteiger partial charge in [0, 0.05) is 18.7 Å². The van der Waals surface area contributed by atoms with E-state index in [0.717, 1.165) is 11.3 Å². The molecule has 0 heterocycles. The van der Waals surface area contributed by atoms with Crippen molar-refractivity contribution in [1.82, 2.24) is 0 Å². The zero-order valence-corrected chi connectivity index (χ0v) is 16.0. The van der Waals surface area contributed by atoms with Crippen molar-refractivity contribution in [2.75, 3.05) is 16.8 Å². The fraction of sp³-hybridized carbons (Fsp3) is 0.167. The summed E-state index contributed by atoms with van der Waals surface area (Å²) in [5.41, 5.74) is 2.98. The Bertz CT molecular complexity index is 924. The lowest BCUT2D eigenvalue weighted by Crippen LogP contribution is -2.31. The molecule has 0 atom stereocenters. The first-order valence-corrected chi connectivity index (χ1v) is 9.48. The van der Waals surface area contributed by atoms with Gasteiger partial charge in [-0.05, 0) is 43.2 Å². The standard InChI is InChI=1S/C24H24N2O2/c1-2-26(20-13-7-4-8-14-20)24(28)21-15-9-10-16-22(21)25-23(27)18-17-19-11-5-3-6-12-19/h3-16H,2,17-18H2,1H3,(H,25,27). The Hall–Kier alpha value is -3.40. The minimum absolute atomic E-state index is 0.105. The van der Waals surface area contributed by atoms with Gasteiger partial charge in [-0.25, -0.2) is 0 Å². The predicted octanol–water partition coefficient (Wildman–Crippen LogP) is 4.92. The highest BCUT2D eigenvalue weighted by Gasteiger charge is 2.19. The Morgan fingerprint density at radius 2 is 1.43 bits per heavy atom. The summed E-state index contributed by atoms with van der Waals surface area (Å²) in [5.74, 6) is -0.237. The lowest BCUT2D eigenvalue weighted by atomic mass is 10.1. The van der Waals surface area contributed by atoms with Gasteiger partial charge in [-0.15, -0.1) is 0 Å². The van der Waals surface area contributed by atoms with Gasteiger partial charge < -0.3 is 10.2 Å². The maximum atomic E-state index is 13.1. The number of hydrogen-bond donors (Lipinski definition) is 1. The summed E-state index contributed by atoms with van der Waals surface area (Å²) >= 11 is 0. The van der Waals surface area contributed by atoms with Gasteiger partial charge in [0.1, 0.15) is 0 Å². The molecular formula is C24H24N2O2. The summed E-state index contributed by atoms with van der Waals surface area (Å²) in [6.07, 6.45) is 1.02. The molecule has 2 amide bonds. The third kappa shape index (κ3) is 4.86. The van der Waals surface area contributed by atoms with Crippen LogP contribution in [0.15, 0.2) is 84.9 Å². The van der Waals surface area contributed by atoms with Crippen molar-refractivity contribution in [3.05, 3.63) is 96.1 Å². The molecule has 0 unspecified atom stereocenters. The third-order valence-electron chi connectivity index (χ3n) is 4.54. The van der Waals surface area contributed by atoms with Crippen LogP contribution in [0.3, 0.4) is 0 Å². The molecular weight excluding hydrogens is 348 g/mol. The summed E-state index contributed by atoms with van der Waals surface area (Å²) < 4.78 is 0. The van der Waals surface area contributed by atoms with E-state index in [1.807, 2.05) is 79.7 Å². The number of nitrogens with zero attached hydrogens (tertiary/aromatic N) is 1. The molecule has 0 saturated carbocycles. The summed E-state index contributed by atoms with van der Waals surface area (Å²) in [6.45, 7) is 2.48. The molecule has 4 heteroatoms. The van der Waals surface area contributed by atoms with Crippen molar-refractivity contribution in [1.29, 1.82) is 0 Å². The largest absolute Gasteiger partial charge is 0.325 e. The quantitative estimate of drug-likeness (QED) is 0.640. The van der Waals surface area contributed by atoms with Crippen LogP contribution < -0.4 is 10.2 Å². The van der Waals surface area contributed by atoms with Crippen molar-refractivity contribution in [3.63, 3.8) is 0 Å². The van der Waals surface area contributed by atoms with Gasteiger partial charge in [0.05, 0.1) is 11.3 Å². The number of rotatable bonds is 7. The zero-order valence-electron chi connectivity index (χ0n) is 16.0. The third-order valence-corrected chi connectivity index (χ3v) is 4.54. The second-order valence-corrected chi connectivity index (χ2v) is 6.46. The van der Waals surface area contributed by atoms with E-state index in [9.17, 15) is 9.59 Å². The summed E-state index contributed by atoms with van der Waals surface area (Å²) in [7, 11) is 0. The Morgan fingerprint density at radius 3 is 2.11 bits per heavy atom. The van der Waals surface area contributed by atoms with Crippen LogP contribution in [0.2, 0.25) is 0 Å². The van der Waals surface area contributed by atoms with Crippen LogP contribution in [0.4, 0.5) is 11.4 Å². The minimum atomic E-state index is -0.132. The Labute approximate surface area is 165 Å². The van der Waals surface area contributed by atoms with Crippen LogP contribution in [0.25, 0.3) is 0 Å². The summed E-state index contributed by atoms with van der Waals surface area (Å²) in [5, 5.41) is 2.91. The summed E-state index contributed by atoms with van der Waals surface area (Å²) in [6, 6.07) is 26.6. The molecule has 0 radical (unpaired) electrons. The van der Waals surface area contributed by atoms with Gasteiger partial charge in [-0.2, -0.15) is 0 Å². The molecule has 4 nitrogen and oxygen atoms in total. The second-order valence-electron chi connectivity index (χ2n) is 6.46. The highest BCUT2D eigenvalue weighted by Crippen LogP contribution is 2.22. The van der Waals surface area contributed by atoms with Gasteiger partial charge in [0.25, 0.3) is 5.91 Å². The molecule has 0 aliphatic carbocycles. The van der Waals surface area contributed by atoms with E-state index in [-0.39, 0.29) is 11.8 Å². The van der Waals surface area contributed by atoms with Crippen molar-refractivity contribution in [2.24, 2.45) is 0 Å². The smallest absolute Gasteiger partial charge is 0.260 e. The summed E-state index contributed by atoms with van der Waals surface area (Å²) in [4.78, 5) is 27.3. The number of benzene rings is 3.